The molecule has 0 aliphatic carbocycles. The molecule has 1 heterocycles. The summed E-state index contributed by atoms with van der Waals surface area (Å²) in [5.74, 6) is -2.75. The van der Waals surface area contributed by atoms with Crippen LogP contribution in [0.5, 0.6) is 0 Å². The van der Waals surface area contributed by atoms with E-state index < -0.39 is 12.0 Å². The smallest absolute Gasteiger partial charge is 0.277 e. The van der Waals surface area contributed by atoms with Crippen molar-refractivity contribution < 1.29 is 18.3 Å². The molecule has 0 amide bonds. The predicted octanol–water partition coefficient (Wildman–Crippen LogP) is 2.28. The molecule has 0 aromatic carbocycles. The molecule has 12 heavy (non-hydrogen) atoms. The second-order valence-corrected chi connectivity index (χ2v) is 2.81. The first-order chi connectivity index (χ1) is 5.41. The fourth-order valence-electron chi connectivity index (χ4n) is 0.850. The maximum atomic E-state index is 12.5. The maximum absolute atomic E-state index is 12.5. The molecule has 0 aliphatic rings. The molecule has 1 unspecified atom stereocenters. The topological polar surface area (TPSA) is 33.4 Å². The summed E-state index contributed by atoms with van der Waals surface area (Å²) < 4.78 is 29.8. The minimum absolute atomic E-state index is 0.0972. The van der Waals surface area contributed by atoms with E-state index in [4.69, 9.17) is 9.52 Å². The quantitative estimate of drug-likeness (QED) is 0.749. The molecule has 0 fully saturated rings. The van der Waals surface area contributed by atoms with Crippen LogP contribution in [0.4, 0.5) is 8.78 Å². The summed E-state index contributed by atoms with van der Waals surface area (Å²) in [6.07, 6.45) is -1.86. The van der Waals surface area contributed by atoms with Crippen LogP contribution in [0.1, 0.15) is 24.5 Å². The van der Waals surface area contributed by atoms with Gasteiger partial charge < -0.3 is 9.52 Å². The van der Waals surface area contributed by atoms with Crippen molar-refractivity contribution in [2.45, 2.75) is 25.9 Å². The third-order valence-corrected chi connectivity index (χ3v) is 1.51. The summed E-state index contributed by atoms with van der Waals surface area (Å²) in [6, 6.07) is 2.88. The Labute approximate surface area is 68.8 Å². The largest absolute Gasteiger partial charge is 0.463 e. The number of alkyl halides is 2. The molecular weight excluding hydrogens is 166 g/mol. The van der Waals surface area contributed by atoms with Gasteiger partial charge in [-0.2, -0.15) is 0 Å². The van der Waals surface area contributed by atoms with Gasteiger partial charge in [-0.1, -0.05) is 0 Å². The molecule has 0 radical (unpaired) electrons. The SMILES string of the molecule is Cc1ccc(C(O)C(C)(F)F)o1. The monoisotopic (exact) mass is 176 g/mol. The number of rotatable bonds is 2. The Kier molecular flexibility index (Phi) is 2.19. The fraction of sp³-hybridized carbons (Fsp3) is 0.500. The minimum Gasteiger partial charge on any atom is -0.463 e. The third kappa shape index (κ3) is 1.82. The minimum atomic E-state index is -3.16. The second-order valence-electron chi connectivity index (χ2n) is 2.81. The molecule has 68 valence electrons. The van der Waals surface area contributed by atoms with E-state index in [2.05, 4.69) is 0 Å². The first kappa shape index (κ1) is 9.19. The Morgan fingerprint density at radius 2 is 2.08 bits per heavy atom. The lowest BCUT2D eigenvalue weighted by Gasteiger charge is -2.15. The van der Waals surface area contributed by atoms with Crippen molar-refractivity contribution in [2.24, 2.45) is 0 Å². The van der Waals surface area contributed by atoms with Crippen LogP contribution in [0.15, 0.2) is 16.5 Å². The zero-order valence-electron chi connectivity index (χ0n) is 6.84. The van der Waals surface area contributed by atoms with Crippen molar-refractivity contribution in [3.8, 4) is 0 Å². The van der Waals surface area contributed by atoms with Crippen LogP contribution in [0.2, 0.25) is 0 Å². The van der Waals surface area contributed by atoms with Crippen molar-refractivity contribution in [3.63, 3.8) is 0 Å². The molecule has 1 aromatic heterocycles. The van der Waals surface area contributed by atoms with Gasteiger partial charge in [0.25, 0.3) is 5.92 Å². The first-order valence-corrected chi connectivity index (χ1v) is 3.53. The summed E-state index contributed by atoms with van der Waals surface area (Å²) in [5, 5.41) is 9.03. The Hall–Kier alpha value is -0.900. The zero-order chi connectivity index (χ0) is 9.35. The van der Waals surface area contributed by atoms with Crippen LogP contribution in [0.25, 0.3) is 0 Å². The summed E-state index contributed by atoms with van der Waals surface area (Å²) in [5.41, 5.74) is 0. The molecule has 0 bridgehead atoms. The van der Waals surface area contributed by atoms with Gasteiger partial charge in [0.2, 0.25) is 0 Å². The Morgan fingerprint density at radius 3 is 2.42 bits per heavy atom. The summed E-state index contributed by atoms with van der Waals surface area (Å²) in [4.78, 5) is 0. The number of aryl methyl sites for hydroxylation is 1. The molecule has 1 rings (SSSR count). The van der Waals surface area contributed by atoms with E-state index in [1.807, 2.05) is 0 Å². The van der Waals surface area contributed by atoms with Gasteiger partial charge in [-0.25, -0.2) is 8.78 Å². The molecular formula is C8H10F2O2. The molecule has 0 spiro atoms. The third-order valence-electron chi connectivity index (χ3n) is 1.51. The lowest BCUT2D eigenvalue weighted by molar-refractivity contribution is -0.104. The highest BCUT2D eigenvalue weighted by Gasteiger charge is 2.35. The second kappa shape index (κ2) is 2.86. The highest BCUT2D eigenvalue weighted by atomic mass is 19.3. The molecule has 4 heteroatoms. The predicted molar refractivity (Wildman–Crippen MR) is 39.0 cm³/mol. The molecule has 1 aromatic rings. The van der Waals surface area contributed by atoms with Gasteiger partial charge in [0.1, 0.15) is 11.5 Å². The van der Waals surface area contributed by atoms with E-state index in [1.165, 1.54) is 12.1 Å². The lowest BCUT2D eigenvalue weighted by Crippen LogP contribution is -2.21. The Morgan fingerprint density at radius 1 is 1.50 bits per heavy atom. The van der Waals surface area contributed by atoms with E-state index in [-0.39, 0.29) is 5.76 Å². The van der Waals surface area contributed by atoms with E-state index in [1.54, 1.807) is 6.92 Å². The van der Waals surface area contributed by atoms with Crippen molar-refractivity contribution >= 4 is 0 Å². The first-order valence-electron chi connectivity index (χ1n) is 3.53. The van der Waals surface area contributed by atoms with Crippen molar-refractivity contribution in [1.82, 2.24) is 0 Å². The number of halogens is 2. The molecule has 1 atom stereocenters. The summed E-state index contributed by atoms with van der Waals surface area (Å²) >= 11 is 0. The average Bonchev–Trinajstić information content (AvgIpc) is 2.32. The van der Waals surface area contributed by atoms with Gasteiger partial charge in [0.05, 0.1) is 0 Å². The zero-order valence-corrected chi connectivity index (χ0v) is 6.84. The fourth-order valence-corrected chi connectivity index (χ4v) is 0.850. The van der Waals surface area contributed by atoms with Gasteiger partial charge >= 0.3 is 0 Å². The van der Waals surface area contributed by atoms with Gasteiger partial charge in [-0.05, 0) is 19.1 Å². The van der Waals surface area contributed by atoms with Crippen LogP contribution >= 0.6 is 0 Å². The number of aliphatic hydroxyl groups excluding tert-OH is 1. The van der Waals surface area contributed by atoms with Crippen LogP contribution in [-0.4, -0.2) is 11.0 Å². The number of hydrogen-bond acceptors (Lipinski definition) is 2. The van der Waals surface area contributed by atoms with Crippen molar-refractivity contribution in [3.05, 3.63) is 23.7 Å². The number of furan rings is 1. The molecule has 0 saturated heterocycles. The normalized spacial score (nSPS) is 14.8. The van der Waals surface area contributed by atoms with E-state index >= 15 is 0 Å². The highest BCUT2D eigenvalue weighted by molar-refractivity contribution is 5.09. The Balaban J connectivity index is 2.85. The Bertz CT molecular complexity index is 262. The van der Waals surface area contributed by atoms with Crippen LogP contribution < -0.4 is 0 Å². The number of hydrogen-bond donors (Lipinski definition) is 1. The highest BCUT2D eigenvalue weighted by Crippen LogP contribution is 2.31. The lowest BCUT2D eigenvalue weighted by atomic mass is 10.2. The van der Waals surface area contributed by atoms with E-state index in [0.29, 0.717) is 12.7 Å². The van der Waals surface area contributed by atoms with Crippen molar-refractivity contribution in [1.29, 1.82) is 0 Å². The van der Waals surface area contributed by atoms with Crippen LogP contribution in [0.3, 0.4) is 0 Å². The molecule has 0 saturated carbocycles. The van der Waals surface area contributed by atoms with Crippen molar-refractivity contribution in [2.75, 3.05) is 0 Å². The molecule has 1 N–H and O–H groups in total. The van der Waals surface area contributed by atoms with Gasteiger partial charge in [0.15, 0.2) is 6.10 Å². The standard InChI is InChI=1S/C8H10F2O2/c1-5-3-4-6(12-5)7(11)8(2,9)10/h3-4,7,11H,1-2H3. The molecule has 0 aliphatic heterocycles. The van der Waals surface area contributed by atoms with Gasteiger partial charge in [-0.15, -0.1) is 0 Å². The maximum Gasteiger partial charge on any atom is 0.277 e. The van der Waals surface area contributed by atoms with Crippen LogP contribution in [-0.2, 0) is 0 Å². The number of aliphatic hydroxyl groups is 1. The summed E-state index contributed by atoms with van der Waals surface area (Å²) in [7, 11) is 0. The van der Waals surface area contributed by atoms with Crippen LogP contribution in [0, 0.1) is 6.92 Å². The van der Waals surface area contributed by atoms with E-state index in [0.717, 1.165) is 0 Å². The molecule has 2 nitrogen and oxygen atoms in total. The van der Waals surface area contributed by atoms with Gasteiger partial charge in [-0.3, -0.25) is 0 Å². The van der Waals surface area contributed by atoms with Gasteiger partial charge in [0, 0.05) is 6.92 Å². The van der Waals surface area contributed by atoms with E-state index in [9.17, 15) is 8.78 Å². The average molecular weight is 176 g/mol. The summed E-state index contributed by atoms with van der Waals surface area (Å²) in [6.45, 7) is 2.28.